The van der Waals surface area contributed by atoms with E-state index in [1.54, 1.807) is 26.4 Å². The second-order valence-corrected chi connectivity index (χ2v) is 8.55. The monoisotopic (exact) mass is 454 g/mol. The number of pyridine rings is 1. The van der Waals surface area contributed by atoms with Gasteiger partial charge in [0, 0.05) is 19.3 Å². The molecule has 5 rings (SSSR count). The largest absolute Gasteiger partial charge is 0.457 e. The van der Waals surface area contributed by atoms with Gasteiger partial charge in [0.15, 0.2) is 0 Å². The number of nitrogens with zero attached hydrogens (tertiary/aromatic N) is 4. The molecule has 4 aromatic rings. The van der Waals surface area contributed by atoms with Crippen molar-refractivity contribution in [1.82, 2.24) is 19.0 Å². The number of rotatable bonds is 5. The lowest BCUT2D eigenvalue weighted by Crippen LogP contribution is -2.42. The van der Waals surface area contributed by atoms with E-state index in [1.165, 1.54) is 6.08 Å². The third kappa shape index (κ3) is 4.01. The van der Waals surface area contributed by atoms with Gasteiger partial charge in [-0.05, 0) is 73.9 Å². The quantitative estimate of drug-likeness (QED) is 0.412. The number of carbonyl (C=O) groups excluding carboxylic acids is 1. The minimum absolute atomic E-state index is 0.104. The molecule has 172 valence electrons. The zero-order valence-electron chi connectivity index (χ0n) is 19.1. The van der Waals surface area contributed by atoms with Gasteiger partial charge >= 0.3 is 5.69 Å². The SMILES string of the molecule is C=CC(=O)N1CCC[C@@H](n2c(=O)n(-c3ccc(Oc4cccc(C)c4)cc3)c3cnccc32)C1. The lowest BCUT2D eigenvalue weighted by atomic mass is 10.1. The first-order valence-electron chi connectivity index (χ1n) is 11.4. The molecule has 3 heterocycles. The molecule has 7 heteroatoms. The third-order valence-electron chi connectivity index (χ3n) is 6.24. The van der Waals surface area contributed by atoms with Gasteiger partial charge in [-0.15, -0.1) is 0 Å². The van der Waals surface area contributed by atoms with E-state index in [2.05, 4.69) is 11.6 Å². The van der Waals surface area contributed by atoms with E-state index in [1.807, 2.05) is 61.5 Å². The molecule has 1 fully saturated rings. The fourth-order valence-corrected chi connectivity index (χ4v) is 4.64. The summed E-state index contributed by atoms with van der Waals surface area (Å²) in [4.78, 5) is 31.9. The first-order valence-corrected chi connectivity index (χ1v) is 11.4. The molecular weight excluding hydrogens is 428 g/mol. The van der Waals surface area contributed by atoms with Crippen molar-refractivity contribution in [3.63, 3.8) is 0 Å². The lowest BCUT2D eigenvalue weighted by molar-refractivity contribution is -0.127. The number of fused-ring (bicyclic) bond motifs is 1. The summed E-state index contributed by atoms with van der Waals surface area (Å²) in [6.45, 7) is 6.78. The molecule has 0 spiro atoms. The highest BCUT2D eigenvalue weighted by atomic mass is 16.5. The maximum atomic E-state index is 13.7. The highest BCUT2D eigenvalue weighted by Crippen LogP contribution is 2.28. The van der Waals surface area contributed by atoms with E-state index in [4.69, 9.17) is 4.74 Å². The van der Waals surface area contributed by atoms with Crippen LogP contribution >= 0.6 is 0 Å². The fraction of sp³-hybridized carbons (Fsp3) is 0.222. The Kier molecular flexibility index (Phi) is 5.76. The Hall–Kier alpha value is -4.13. The van der Waals surface area contributed by atoms with Crippen molar-refractivity contribution in [3.8, 4) is 17.2 Å². The molecule has 0 saturated carbocycles. The summed E-state index contributed by atoms with van der Waals surface area (Å²) < 4.78 is 9.44. The van der Waals surface area contributed by atoms with Crippen LogP contribution in [-0.2, 0) is 4.79 Å². The first kappa shape index (κ1) is 21.7. The van der Waals surface area contributed by atoms with Crippen molar-refractivity contribution in [2.24, 2.45) is 0 Å². The predicted molar refractivity (Wildman–Crippen MR) is 132 cm³/mol. The number of benzene rings is 2. The molecule has 1 atom stereocenters. The number of hydrogen-bond donors (Lipinski definition) is 0. The standard InChI is InChI=1S/C27H26N4O3/c1-3-26(32)29-15-5-7-21(18-29)31-24-13-14-28-17-25(24)30(27(31)33)20-9-11-22(12-10-20)34-23-8-4-6-19(2)16-23/h3-4,6,8-14,16-17,21H,1,5,7,15,18H2,2H3/t21-/m1/s1. The summed E-state index contributed by atoms with van der Waals surface area (Å²) in [6.07, 6.45) is 6.39. The van der Waals surface area contributed by atoms with Gasteiger partial charge in [0.05, 0.1) is 29.0 Å². The van der Waals surface area contributed by atoms with Crippen molar-refractivity contribution < 1.29 is 9.53 Å². The molecule has 1 aliphatic rings. The van der Waals surface area contributed by atoms with Crippen LogP contribution in [0.3, 0.4) is 0 Å². The maximum absolute atomic E-state index is 13.7. The fourth-order valence-electron chi connectivity index (χ4n) is 4.64. The minimum Gasteiger partial charge on any atom is -0.457 e. The molecule has 0 radical (unpaired) electrons. The number of aromatic nitrogens is 3. The number of hydrogen-bond acceptors (Lipinski definition) is 4. The first-order chi connectivity index (χ1) is 16.5. The van der Waals surface area contributed by atoms with E-state index >= 15 is 0 Å². The summed E-state index contributed by atoms with van der Waals surface area (Å²) >= 11 is 0. The number of piperidine rings is 1. The van der Waals surface area contributed by atoms with Crippen LogP contribution in [-0.4, -0.2) is 38.0 Å². The summed E-state index contributed by atoms with van der Waals surface area (Å²) in [6, 6.07) is 17.1. The Labute approximate surface area is 197 Å². The van der Waals surface area contributed by atoms with Crippen LogP contribution in [0.1, 0.15) is 24.4 Å². The zero-order chi connectivity index (χ0) is 23.7. The van der Waals surface area contributed by atoms with Gasteiger partial charge in [-0.3, -0.25) is 18.9 Å². The molecule has 1 amide bonds. The van der Waals surface area contributed by atoms with Gasteiger partial charge < -0.3 is 9.64 Å². The Balaban J connectivity index is 1.51. The van der Waals surface area contributed by atoms with Crippen LogP contribution in [0, 0.1) is 6.92 Å². The van der Waals surface area contributed by atoms with Crippen molar-refractivity contribution in [2.75, 3.05) is 13.1 Å². The second-order valence-electron chi connectivity index (χ2n) is 8.55. The highest BCUT2D eigenvalue weighted by molar-refractivity contribution is 5.87. The van der Waals surface area contributed by atoms with Gasteiger partial charge in [-0.1, -0.05) is 18.7 Å². The van der Waals surface area contributed by atoms with Crippen molar-refractivity contribution in [3.05, 3.63) is 95.7 Å². The number of ether oxygens (including phenoxy) is 1. The van der Waals surface area contributed by atoms with Gasteiger partial charge in [0.1, 0.15) is 11.5 Å². The van der Waals surface area contributed by atoms with Crippen molar-refractivity contribution in [1.29, 1.82) is 0 Å². The number of imidazole rings is 1. The van der Waals surface area contributed by atoms with Gasteiger partial charge in [0.2, 0.25) is 5.91 Å². The Morgan fingerprint density at radius 2 is 1.94 bits per heavy atom. The molecule has 34 heavy (non-hydrogen) atoms. The zero-order valence-corrected chi connectivity index (χ0v) is 19.1. The molecule has 1 aliphatic heterocycles. The molecule has 2 aromatic heterocycles. The molecule has 0 N–H and O–H groups in total. The summed E-state index contributed by atoms with van der Waals surface area (Å²) in [5.74, 6) is 1.35. The molecule has 2 aromatic carbocycles. The molecule has 7 nitrogen and oxygen atoms in total. The van der Waals surface area contributed by atoms with Crippen molar-refractivity contribution >= 4 is 16.9 Å². The number of likely N-dealkylation sites (tertiary alicyclic amines) is 1. The van der Waals surface area contributed by atoms with Crippen LogP contribution in [0.2, 0.25) is 0 Å². The van der Waals surface area contributed by atoms with E-state index in [0.29, 0.717) is 18.8 Å². The van der Waals surface area contributed by atoms with Gasteiger partial charge in [-0.2, -0.15) is 0 Å². The normalized spacial score (nSPS) is 15.9. The van der Waals surface area contributed by atoms with Crippen LogP contribution < -0.4 is 10.4 Å². The van der Waals surface area contributed by atoms with E-state index < -0.39 is 0 Å². The highest BCUT2D eigenvalue weighted by Gasteiger charge is 2.27. The molecule has 1 saturated heterocycles. The molecule has 0 unspecified atom stereocenters. The Morgan fingerprint density at radius 1 is 1.12 bits per heavy atom. The minimum atomic E-state index is -0.145. The summed E-state index contributed by atoms with van der Waals surface area (Å²) in [5.41, 5.74) is 3.24. The molecule has 0 bridgehead atoms. The Bertz CT molecular complexity index is 1420. The van der Waals surface area contributed by atoms with Crippen LogP contribution in [0.5, 0.6) is 11.5 Å². The number of aryl methyl sites for hydroxylation is 1. The Morgan fingerprint density at radius 3 is 2.71 bits per heavy atom. The molecular formula is C27H26N4O3. The van der Waals surface area contributed by atoms with Gasteiger partial charge in [0.25, 0.3) is 0 Å². The average Bonchev–Trinajstić information content (AvgIpc) is 3.16. The molecule has 0 aliphatic carbocycles. The predicted octanol–water partition coefficient (Wildman–Crippen LogP) is 4.64. The van der Waals surface area contributed by atoms with Crippen LogP contribution in [0.4, 0.5) is 0 Å². The second kappa shape index (κ2) is 9.02. The van der Waals surface area contributed by atoms with E-state index in [9.17, 15) is 9.59 Å². The van der Waals surface area contributed by atoms with E-state index in [0.717, 1.165) is 40.9 Å². The van der Waals surface area contributed by atoms with E-state index in [-0.39, 0.29) is 17.6 Å². The number of amides is 1. The van der Waals surface area contributed by atoms with Crippen LogP contribution in [0.15, 0.2) is 84.4 Å². The summed E-state index contributed by atoms with van der Waals surface area (Å²) in [5, 5.41) is 0. The lowest BCUT2D eigenvalue weighted by Gasteiger charge is -2.32. The summed E-state index contributed by atoms with van der Waals surface area (Å²) in [7, 11) is 0. The topological polar surface area (TPSA) is 69.4 Å². The maximum Gasteiger partial charge on any atom is 0.334 e. The average molecular weight is 455 g/mol. The third-order valence-corrected chi connectivity index (χ3v) is 6.24. The van der Waals surface area contributed by atoms with Crippen molar-refractivity contribution in [2.45, 2.75) is 25.8 Å². The van der Waals surface area contributed by atoms with Gasteiger partial charge in [-0.25, -0.2) is 4.79 Å². The number of carbonyl (C=O) groups is 1. The smallest absolute Gasteiger partial charge is 0.334 e. The van der Waals surface area contributed by atoms with Crippen LogP contribution in [0.25, 0.3) is 16.7 Å².